The quantitative estimate of drug-likeness (QED) is 0.480. The van der Waals surface area contributed by atoms with Crippen LogP contribution >= 0.6 is 0 Å². The van der Waals surface area contributed by atoms with E-state index in [1.165, 1.54) is 11.1 Å². The summed E-state index contributed by atoms with van der Waals surface area (Å²) in [6, 6.07) is 10.7. The molecule has 0 bridgehead atoms. The number of hydrogen-bond acceptors (Lipinski definition) is 8. The number of piperidine rings is 1. The highest BCUT2D eigenvalue weighted by atomic mass is 19.1. The summed E-state index contributed by atoms with van der Waals surface area (Å²) in [5.41, 5.74) is 2.64. The molecule has 0 saturated carbocycles. The smallest absolute Gasteiger partial charge is 0.272 e. The van der Waals surface area contributed by atoms with Crippen molar-refractivity contribution >= 4 is 11.7 Å². The van der Waals surface area contributed by atoms with Gasteiger partial charge in [-0.2, -0.15) is 0 Å². The standard InChI is InChI=1S/C30H42FN5O4/c1-20-6-8-21(9-7-20)26-5-3-4-23(40-26)18-32-28-16-25(34-29(17-31)35-28)30(37)36-13-10-22(11-14-36)33-24-12-15-39-19-27(24)38-2/h6-9,16,22-24,26-27,33H,3-5,10-15,17-19H2,1-2H3,(H,32,34,35)/t23-,24-,26+,27+/m1/s1. The largest absolute Gasteiger partial charge is 0.379 e. The molecule has 1 aromatic carbocycles. The van der Waals surface area contributed by atoms with E-state index >= 15 is 0 Å². The van der Waals surface area contributed by atoms with E-state index in [4.69, 9.17) is 14.2 Å². The number of carbonyl (C=O) groups is 1. The van der Waals surface area contributed by atoms with Gasteiger partial charge in [-0.1, -0.05) is 29.8 Å². The van der Waals surface area contributed by atoms with E-state index in [0.29, 0.717) is 38.1 Å². The first-order valence-corrected chi connectivity index (χ1v) is 14.6. The molecule has 3 fully saturated rings. The Morgan fingerprint density at radius 3 is 2.67 bits per heavy atom. The molecule has 2 aromatic rings. The van der Waals surface area contributed by atoms with Gasteiger partial charge in [-0.05, 0) is 51.0 Å². The molecule has 1 aromatic heterocycles. The summed E-state index contributed by atoms with van der Waals surface area (Å²) in [6.45, 7) is 4.35. The average Bonchev–Trinajstić information content (AvgIpc) is 3.00. The molecule has 4 heterocycles. The molecule has 3 aliphatic rings. The molecule has 9 nitrogen and oxygen atoms in total. The van der Waals surface area contributed by atoms with E-state index in [2.05, 4.69) is 51.8 Å². The first kappa shape index (κ1) is 28.9. The van der Waals surface area contributed by atoms with Crippen molar-refractivity contribution in [1.82, 2.24) is 20.2 Å². The fourth-order valence-electron chi connectivity index (χ4n) is 5.90. The number of aromatic nitrogens is 2. The van der Waals surface area contributed by atoms with Crippen molar-refractivity contribution < 1.29 is 23.4 Å². The third-order valence-electron chi connectivity index (χ3n) is 8.26. The predicted octanol–water partition coefficient (Wildman–Crippen LogP) is 3.97. The Kier molecular flexibility index (Phi) is 9.96. The fraction of sp³-hybridized carbons (Fsp3) is 0.633. The molecule has 3 saturated heterocycles. The van der Waals surface area contributed by atoms with E-state index in [9.17, 15) is 9.18 Å². The fourth-order valence-corrected chi connectivity index (χ4v) is 5.90. The molecule has 40 heavy (non-hydrogen) atoms. The predicted molar refractivity (Wildman–Crippen MR) is 150 cm³/mol. The molecule has 4 atom stereocenters. The molecule has 1 amide bonds. The highest BCUT2D eigenvalue weighted by molar-refractivity contribution is 5.93. The van der Waals surface area contributed by atoms with Crippen LogP contribution in [-0.4, -0.2) is 85.0 Å². The molecule has 5 rings (SSSR count). The summed E-state index contributed by atoms with van der Waals surface area (Å²) in [7, 11) is 1.72. The molecule has 0 unspecified atom stereocenters. The monoisotopic (exact) mass is 555 g/mol. The second-order valence-electron chi connectivity index (χ2n) is 11.1. The zero-order valence-electron chi connectivity index (χ0n) is 23.6. The van der Waals surface area contributed by atoms with Crippen LogP contribution in [0.15, 0.2) is 30.3 Å². The number of aryl methyl sites for hydroxylation is 1. The van der Waals surface area contributed by atoms with Gasteiger partial charge < -0.3 is 29.7 Å². The number of amides is 1. The van der Waals surface area contributed by atoms with Crippen LogP contribution in [0.5, 0.6) is 0 Å². The summed E-state index contributed by atoms with van der Waals surface area (Å²) < 4.78 is 31.1. The van der Waals surface area contributed by atoms with E-state index < -0.39 is 6.67 Å². The summed E-state index contributed by atoms with van der Waals surface area (Å²) in [6.07, 6.45) is 5.71. The maximum Gasteiger partial charge on any atom is 0.272 e. The van der Waals surface area contributed by atoms with Crippen molar-refractivity contribution in [2.24, 2.45) is 0 Å². The van der Waals surface area contributed by atoms with Crippen molar-refractivity contribution in [3.63, 3.8) is 0 Å². The Morgan fingerprint density at radius 2 is 1.93 bits per heavy atom. The number of alkyl halides is 1. The van der Waals surface area contributed by atoms with Gasteiger partial charge in [-0.3, -0.25) is 4.79 Å². The number of anilines is 1. The first-order chi connectivity index (χ1) is 19.5. The van der Waals surface area contributed by atoms with Crippen LogP contribution in [0.3, 0.4) is 0 Å². The van der Waals surface area contributed by atoms with Crippen LogP contribution in [-0.2, 0) is 20.9 Å². The van der Waals surface area contributed by atoms with Gasteiger partial charge in [0.05, 0.1) is 24.9 Å². The summed E-state index contributed by atoms with van der Waals surface area (Å²) in [4.78, 5) is 23.7. The molecule has 2 N–H and O–H groups in total. The van der Waals surface area contributed by atoms with E-state index in [0.717, 1.165) is 45.1 Å². The first-order valence-electron chi connectivity index (χ1n) is 14.6. The minimum atomic E-state index is -0.830. The number of ether oxygens (including phenoxy) is 3. The van der Waals surface area contributed by atoms with Gasteiger partial charge in [-0.25, -0.2) is 14.4 Å². The minimum absolute atomic E-state index is 0.00274. The Bertz CT molecular complexity index is 1110. The Balaban J connectivity index is 1.15. The van der Waals surface area contributed by atoms with Crippen LogP contribution in [0.25, 0.3) is 0 Å². The Labute approximate surface area is 236 Å². The van der Waals surface area contributed by atoms with Gasteiger partial charge in [0, 0.05) is 51.5 Å². The lowest BCUT2D eigenvalue weighted by Crippen LogP contribution is -2.54. The van der Waals surface area contributed by atoms with E-state index in [1.807, 2.05) is 0 Å². The molecule has 3 aliphatic heterocycles. The summed E-state index contributed by atoms with van der Waals surface area (Å²) >= 11 is 0. The molecule has 10 heteroatoms. The van der Waals surface area contributed by atoms with E-state index in [-0.39, 0.29) is 41.8 Å². The number of nitrogens with zero attached hydrogens (tertiary/aromatic N) is 3. The van der Waals surface area contributed by atoms with Crippen LogP contribution in [0.2, 0.25) is 0 Å². The molecule has 0 aliphatic carbocycles. The van der Waals surface area contributed by atoms with Crippen molar-refractivity contribution in [3.8, 4) is 0 Å². The number of rotatable bonds is 9. The number of hydrogen-bond donors (Lipinski definition) is 2. The van der Waals surface area contributed by atoms with Crippen molar-refractivity contribution in [3.05, 3.63) is 53.0 Å². The van der Waals surface area contributed by atoms with Crippen molar-refractivity contribution in [2.45, 2.75) is 82.5 Å². The van der Waals surface area contributed by atoms with Crippen molar-refractivity contribution in [1.29, 1.82) is 0 Å². The number of methoxy groups -OCH3 is 1. The lowest BCUT2D eigenvalue weighted by molar-refractivity contribution is -0.0533. The van der Waals surface area contributed by atoms with Crippen LogP contribution in [0, 0.1) is 6.92 Å². The number of carbonyl (C=O) groups excluding carboxylic acids is 1. The number of likely N-dealkylation sites (tertiary alicyclic amines) is 1. The summed E-state index contributed by atoms with van der Waals surface area (Å²) in [5, 5.41) is 6.99. The second-order valence-corrected chi connectivity index (χ2v) is 11.1. The normalized spacial score (nSPS) is 26.0. The van der Waals surface area contributed by atoms with Gasteiger partial charge in [0.25, 0.3) is 5.91 Å². The molecular weight excluding hydrogens is 513 g/mol. The minimum Gasteiger partial charge on any atom is -0.379 e. The van der Waals surface area contributed by atoms with Gasteiger partial charge in [0.1, 0.15) is 18.2 Å². The SMILES string of the molecule is CO[C@H]1COCC[C@H]1NC1CCN(C(=O)c2cc(NC[C@H]3CCC[C@@H](c4ccc(C)cc4)O3)nc(CF)n2)CC1. The van der Waals surface area contributed by atoms with Gasteiger partial charge in [0.15, 0.2) is 5.82 Å². The molecule has 0 radical (unpaired) electrons. The molecule has 0 spiro atoms. The maximum absolute atomic E-state index is 13.7. The van der Waals surface area contributed by atoms with Crippen LogP contribution < -0.4 is 10.6 Å². The topological polar surface area (TPSA) is 97.8 Å². The number of halogens is 1. The van der Waals surface area contributed by atoms with Gasteiger partial charge >= 0.3 is 0 Å². The number of benzene rings is 1. The highest BCUT2D eigenvalue weighted by Crippen LogP contribution is 2.31. The zero-order chi connectivity index (χ0) is 27.9. The lowest BCUT2D eigenvalue weighted by Gasteiger charge is -2.38. The summed E-state index contributed by atoms with van der Waals surface area (Å²) in [5.74, 6) is 0.277. The molecule has 218 valence electrons. The number of nitrogens with one attached hydrogen (secondary N) is 2. The Morgan fingerprint density at radius 1 is 1.12 bits per heavy atom. The highest BCUT2D eigenvalue weighted by Gasteiger charge is 2.31. The second kappa shape index (κ2) is 13.8. The van der Waals surface area contributed by atoms with Crippen LogP contribution in [0.1, 0.15) is 72.1 Å². The van der Waals surface area contributed by atoms with Crippen LogP contribution in [0.4, 0.5) is 10.2 Å². The van der Waals surface area contributed by atoms with Gasteiger partial charge in [0.2, 0.25) is 0 Å². The average molecular weight is 556 g/mol. The maximum atomic E-state index is 13.7. The zero-order valence-corrected chi connectivity index (χ0v) is 23.6. The third kappa shape index (κ3) is 7.34. The van der Waals surface area contributed by atoms with Crippen molar-refractivity contribution in [2.75, 3.05) is 45.3 Å². The molecular formula is C30H42FN5O4. The van der Waals surface area contributed by atoms with Gasteiger partial charge in [-0.15, -0.1) is 0 Å². The Hall–Kier alpha value is -2.66. The third-order valence-corrected chi connectivity index (χ3v) is 8.26. The van der Waals surface area contributed by atoms with E-state index in [1.54, 1.807) is 18.1 Å². The lowest BCUT2D eigenvalue weighted by atomic mass is 9.97.